The van der Waals surface area contributed by atoms with Gasteiger partial charge in [-0.25, -0.2) is 9.07 Å². The Morgan fingerprint density at radius 1 is 1.19 bits per heavy atom. The number of carbonyl (C=O) groups excluding carboxylic acids is 1. The number of carbonyl (C=O) groups is 1. The van der Waals surface area contributed by atoms with Crippen molar-refractivity contribution in [2.75, 3.05) is 7.05 Å². The molecule has 0 bridgehead atoms. The standard InChI is InChI=1S/C21H19ClFN3O/c1-25(13-14-7-2-3-9-16(14)22)21(27)20-15-8-6-12-18(15)26(24-20)19-11-5-4-10-17(19)23/h2-5,7,9-11H,6,8,12-13H2,1H3. The van der Waals surface area contributed by atoms with Gasteiger partial charge >= 0.3 is 0 Å². The lowest BCUT2D eigenvalue weighted by Gasteiger charge is -2.17. The molecule has 4 rings (SSSR count). The zero-order valence-electron chi connectivity index (χ0n) is 15.0. The van der Waals surface area contributed by atoms with E-state index >= 15 is 0 Å². The Labute approximate surface area is 162 Å². The number of para-hydroxylation sites is 1. The molecule has 0 atom stereocenters. The average molecular weight is 384 g/mol. The molecule has 6 heteroatoms. The van der Waals surface area contributed by atoms with Crippen LogP contribution in [0.1, 0.15) is 33.7 Å². The van der Waals surface area contributed by atoms with Crippen molar-refractivity contribution in [3.05, 3.63) is 81.9 Å². The molecule has 1 aliphatic carbocycles. The molecule has 27 heavy (non-hydrogen) atoms. The van der Waals surface area contributed by atoms with Gasteiger partial charge in [0, 0.05) is 29.9 Å². The van der Waals surface area contributed by atoms with Crippen LogP contribution in [-0.2, 0) is 19.4 Å². The molecule has 0 radical (unpaired) electrons. The van der Waals surface area contributed by atoms with Crippen LogP contribution < -0.4 is 0 Å². The van der Waals surface area contributed by atoms with Crippen molar-refractivity contribution in [2.45, 2.75) is 25.8 Å². The molecule has 0 saturated heterocycles. The van der Waals surface area contributed by atoms with E-state index in [9.17, 15) is 9.18 Å². The van der Waals surface area contributed by atoms with Gasteiger partial charge in [-0.15, -0.1) is 0 Å². The Bertz CT molecular complexity index is 1010. The monoisotopic (exact) mass is 383 g/mol. The topological polar surface area (TPSA) is 38.1 Å². The first-order valence-electron chi connectivity index (χ1n) is 8.91. The van der Waals surface area contributed by atoms with Gasteiger partial charge in [-0.3, -0.25) is 4.79 Å². The van der Waals surface area contributed by atoms with Crippen LogP contribution in [0.4, 0.5) is 4.39 Å². The van der Waals surface area contributed by atoms with Crippen molar-refractivity contribution in [1.82, 2.24) is 14.7 Å². The number of nitrogens with zero attached hydrogens (tertiary/aromatic N) is 3. The van der Waals surface area contributed by atoms with E-state index in [0.717, 1.165) is 36.1 Å². The molecular weight excluding hydrogens is 365 g/mol. The summed E-state index contributed by atoms with van der Waals surface area (Å²) in [7, 11) is 1.73. The van der Waals surface area contributed by atoms with Crippen LogP contribution in [0.5, 0.6) is 0 Å². The minimum Gasteiger partial charge on any atom is -0.336 e. The second-order valence-corrected chi connectivity index (χ2v) is 7.15. The minimum absolute atomic E-state index is 0.178. The lowest BCUT2D eigenvalue weighted by Crippen LogP contribution is -2.27. The van der Waals surface area contributed by atoms with E-state index in [0.29, 0.717) is 22.9 Å². The summed E-state index contributed by atoms with van der Waals surface area (Å²) >= 11 is 6.21. The fourth-order valence-electron chi connectivity index (χ4n) is 3.57. The number of rotatable bonds is 4. The Morgan fingerprint density at radius 3 is 2.70 bits per heavy atom. The van der Waals surface area contributed by atoms with E-state index in [1.807, 2.05) is 18.2 Å². The normalized spacial score (nSPS) is 12.9. The van der Waals surface area contributed by atoms with Crippen LogP contribution in [0, 0.1) is 5.82 Å². The van der Waals surface area contributed by atoms with Gasteiger partial charge < -0.3 is 4.90 Å². The Balaban J connectivity index is 1.68. The minimum atomic E-state index is -0.349. The number of amides is 1. The smallest absolute Gasteiger partial charge is 0.274 e. The Kier molecular flexibility index (Phi) is 4.70. The van der Waals surface area contributed by atoms with E-state index in [2.05, 4.69) is 5.10 Å². The van der Waals surface area contributed by atoms with Crippen molar-refractivity contribution < 1.29 is 9.18 Å². The number of benzene rings is 2. The number of hydrogen-bond donors (Lipinski definition) is 0. The predicted molar refractivity (Wildman–Crippen MR) is 103 cm³/mol. The number of hydrogen-bond acceptors (Lipinski definition) is 2. The van der Waals surface area contributed by atoms with Gasteiger partial charge in [-0.2, -0.15) is 5.10 Å². The third-order valence-corrected chi connectivity index (χ3v) is 5.29. The van der Waals surface area contributed by atoms with Gasteiger partial charge in [0.1, 0.15) is 11.5 Å². The summed E-state index contributed by atoms with van der Waals surface area (Å²) in [6, 6.07) is 14.0. The second kappa shape index (κ2) is 7.16. The Hall–Kier alpha value is -2.66. The highest BCUT2D eigenvalue weighted by Gasteiger charge is 2.29. The first-order valence-corrected chi connectivity index (χ1v) is 9.28. The van der Waals surface area contributed by atoms with Gasteiger partial charge in [0.2, 0.25) is 0 Å². The van der Waals surface area contributed by atoms with Gasteiger partial charge in [-0.05, 0) is 43.0 Å². The first-order chi connectivity index (χ1) is 13.1. The SMILES string of the molecule is CN(Cc1ccccc1Cl)C(=O)c1nn(-c2ccccc2F)c2c1CCC2. The highest BCUT2D eigenvalue weighted by atomic mass is 35.5. The maximum atomic E-state index is 14.3. The zero-order valence-corrected chi connectivity index (χ0v) is 15.7. The van der Waals surface area contributed by atoms with E-state index in [1.54, 1.807) is 40.9 Å². The fraction of sp³-hybridized carbons (Fsp3) is 0.238. The molecule has 138 valence electrons. The summed E-state index contributed by atoms with van der Waals surface area (Å²) in [4.78, 5) is 14.7. The van der Waals surface area contributed by atoms with Crippen LogP contribution in [-0.4, -0.2) is 27.6 Å². The van der Waals surface area contributed by atoms with Gasteiger partial charge in [0.25, 0.3) is 5.91 Å². The molecule has 0 aliphatic heterocycles. The third kappa shape index (κ3) is 3.23. The molecule has 4 nitrogen and oxygen atoms in total. The van der Waals surface area contributed by atoms with Crippen LogP contribution in [0.25, 0.3) is 5.69 Å². The summed E-state index contributed by atoms with van der Waals surface area (Å²) < 4.78 is 15.9. The number of aromatic nitrogens is 2. The molecule has 0 N–H and O–H groups in total. The fourth-order valence-corrected chi connectivity index (χ4v) is 3.76. The molecule has 2 aromatic carbocycles. The first kappa shape index (κ1) is 17.7. The molecule has 0 unspecified atom stereocenters. The molecule has 3 aromatic rings. The van der Waals surface area contributed by atoms with Crippen molar-refractivity contribution >= 4 is 17.5 Å². The maximum Gasteiger partial charge on any atom is 0.274 e. The molecule has 1 amide bonds. The third-order valence-electron chi connectivity index (χ3n) is 4.93. The van der Waals surface area contributed by atoms with Crippen molar-refractivity contribution in [1.29, 1.82) is 0 Å². The van der Waals surface area contributed by atoms with Crippen LogP contribution in [0.3, 0.4) is 0 Å². The lowest BCUT2D eigenvalue weighted by atomic mass is 10.1. The summed E-state index contributed by atoms with van der Waals surface area (Å²) in [5, 5.41) is 5.12. The van der Waals surface area contributed by atoms with E-state index in [-0.39, 0.29) is 11.7 Å². The van der Waals surface area contributed by atoms with E-state index in [4.69, 9.17) is 11.6 Å². The highest BCUT2D eigenvalue weighted by Crippen LogP contribution is 2.29. The molecule has 1 heterocycles. The number of halogens is 2. The van der Waals surface area contributed by atoms with Gasteiger partial charge in [0.05, 0.1) is 0 Å². The zero-order chi connectivity index (χ0) is 19.0. The quantitative estimate of drug-likeness (QED) is 0.668. The van der Waals surface area contributed by atoms with Crippen LogP contribution >= 0.6 is 11.6 Å². The molecule has 0 fully saturated rings. The molecule has 0 saturated carbocycles. The Morgan fingerprint density at radius 2 is 1.93 bits per heavy atom. The largest absolute Gasteiger partial charge is 0.336 e. The number of fused-ring (bicyclic) bond motifs is 1. The van der Waals surface area contributed by atoms with Crippen LogP contribution in [0.2, 0.25) is 5.02 Å². The van der Waals surface area contributed by atoms with E-state index < -0.39 is 0 Å². The summed E-state index contributed by atoms with van der Waals surface area (Å²) in [6.45, 7) is 0.389. The molecular formula is C21H19ClFN3O. The van der Waals surface area contributed by atoms with Crippen molar-refractivity contribution in [2.24, 2.45) is 0 Å². The summed E-state index contributed by atoms with van der Waals surface area (Å²) in [5.74, 6) is -0.527. The summed E-state index contributed by atoms with van der Waals surface area (Å²) in [6.07, 6.45) is 2.51. The lowest BCUT2D eigenvalue weighted by molar-refractivity contribution is 0.0777. The average Bonchev–Trinajstić information content (AvgIpc) is 3.26. The molecule has 1 aliphatic rings. The van der Waals surface area contributed by atoms with Crippen molar-refractivity contribution in [3.63, 3.8) is 0 Å². The van der Waals surface area contributed by atoms with Crippen molar-refractivity contribution in [3.8, 4) is 5.69 Å². The predicted octanol–water partition coefficient (Wildman–Crippen LogP) is 4.43. The molecule has 0 spiro atoms. The van der Waals surface area contributed by atoms with E-state index in [1.165, 1.54) is 6.07 Å². The van der Waals surface area contributed by atoms with Gasteiger partial charge in [0.15, 0.2) is 5.69 Å². The highest BCUT2D eigenvalue weighted by molar-refractivity contribution is 6.31. The summed E-state index contributed by atoms with van der Waals surface area (Å²) in [5.41, 5.74) is 3.51. The van der Waals surface area contributed by atoms with Gasteiger partial charge in [-0.1, -0.05) is 41.9 Å². The van der Waals surface area contributed by atoms with Crippen LogP contribution in [0.15, 0.2) is 48.5 Å². The molecule has 1 aromatic heterocycles. The second-order valence-electron chi connectivity index (χ2n) is 6.74. The maximum absolute atomic E-state index is 14.3.